The van der Waals surface area contributed by atoms with Crippen molar-refractivity contribution in [2.75, 3.05) is 20.1 Å². The zero-order valence-corrected chi connectivity index (χ0v) is 12.1. The molecule has 0 aliphatic rings. The second kappa shape index (κ2) is 7.56. The lowest BCUT2D eigenvalue weighted by Crippen LogP contribution is -2.35. The summed E-state index contributed by atoms with van der Waals surface area (Å²) in [5.41, 5.74) is 0.854. The van der Waals surface area contributed by atoms with Gasteiger partial charge in [0.15, 0.2) is 0 Å². The molecule has 0 bridgehead atoms. The Morgan fingerprint density at radius 2 is 2.22 bits per heavy atom. The summed E-state index contributed by atoms with van der Waals surface area (Å²) in [4.78, 5) is 17.4. The molecule has 1 amide bonds. The molecule has 1 aromatic rings. The third-order valence-electron chi connectivity index (χ3n) is 2.32. The average Bonchev–Trinajstić information content (AvgIpc) is 2.30. The third kappa shape index (κ3) is 5.21. The molecule has 0 unspecified atom stereocenters. The lowest BCUT2D eigenvalue weighted by Gasteiger charge is -2.16. The number of nitrogens with zero attached hydrogens (tertiary/aromatic N) is 2. The van der Waals surface area contributed by atoms with E-state index >= 15 is 0 Å². The van der Waals surface area contributed by atoms with E-state index in [9.17, 15) is 4.79 Å². The number of amides is 1. The Kier molecular flexibility index (Phi) is 6.39. The molecule has 0 aromatic carbocycles. The van der Waals surface area contributed by atoms with Crippen molar-refractivity contribution >= 4 is 29.1 Å². The molecular weight excluding hydrogens is 273 g/mol. The van der Waals surface area contributed by atoms with E-state index in [-0.39, 0.29) is 5.91 Å². The molecule has 0 saturated heterocycles. The van der Waals surface area contributed by atoms with E-state index in [4.69, 9.17) is 23.2 Å². The first kappa shape index (κ1) is 15.2. The molecule has 0 aliphatic heterocycles. The fraction of sp³-hybridized carbons (Fsp3) is 0.500. The molecule has 4 nitrogen and oxygen atoms in total. The quantitative estimate of drug-likeness (QED) is 0.818. The van der Waals surface area contributed by atoms with Gasteiger partial charge in [0, 0.05) is 29.9 Å². The number of rotatable bonds is 6. The summed E-state index contributed by atoms with van der Waals surface area (Å²) in [5.74, 6) is 0.0115. The minimum atomic E-state index is 0.0115. The van der Waals surface area contributed by atoms with Crippen LogP contribution in [0.3, 0.4) is 0 Å². The number of halogens is 2. The molecular formula is C12H17Cl2N3O. The highest BCUT2D eigenvalue weighted by molar-refractivity contribution is 6.34. The predicted octanol–water partition coefficient (Wildman–Crippen LogP) is 2.35. The van der Waals surface area contributed by atoms with E-state index in [0.29, 0.717) is 29.8 Å². The van der Waals surface area contributed by atoms with Gasteiger partial charge in [-0.1, -0.05) is 30.1 Å². The molecule has 18 heavy (non-hydrogen) atoms. The first-order valence-electron chi connectivity index (χ1n) is 5.78. The lowest BCUT2D eigenvalue weighted by atomic mass is 10.2. The fourth-order valence-corrected chi connectivity index (χ4v) is 1.89. The van der Waals surface area contributed by atoms with Crippen molar-refractivity contribution in [2.24, 2.45) is 0 Å². The number of nitrogens with one attached hydrogen (secondary N) is 1. The Morgan fingerprint density at radius 1 is 1.50 bits per heavy atom. The third-order valence-corrected chi connectivity index (χ3v) is 2.88. The number of pyridine rings is 1. The van der Waals surface area contributed by atoms with Crippen LogP contribution in [0.1, 0.15) is 18.9 Å². The number of hydrogen-bond donors (Lipinski definition) is 1. The van der Waals surface area contributed by atoms with Crippen molar-refractivity contribution in [1.29, 1.82) is 0 Å². The van der Waals surface area contributed by atoms with Gasteiger partial charge in [0.1, 0.15) is 5.15 Å². The van der Waals surface area contributed by atoms with Crippen molar-refractivity contribution < 1.29 is 4.79 Å². The zero-order valence-electron chi connectivity index (χ0n) is 10.5. The number of carbonyl (C=O) groups excluding carboxylic acids is 1. The van der Waals surface area contributed by atoms with E-state index in [1.165, 1.54) is 0 Å². The maximum atomic E-state index is 11.5. The van der Waals surface area contributed by atoms with Crippen LogP contribution in [-0.2, 0) is 11.3 Å². The molecule has 0 fully saturated rings. The van der Waals surface area contributed by atoms with Crippen LogP contribution in [0.15, 0.2) is 12.3 Å². The van der Waals surface area contributed by atoms with Crippen LogP contribution in [0, 0.1) is 0 Å². The van der Waals surface area contributed by atoms with Gasteiger partial charge in [0.25, 0.3) is 0 Å². The van der Waals surface area contributed by atoms with Crippen LogP contribution in [0.2, 0.25) is 10.2 Å². The second-order valence-electron chi connectivity index (χ2n) is 4.12. The second-order valence-corrected chi connectivity index (χ2v) is 4.92. The van der Waals surface area contributed by atoms with E-state index in [1.807, 2.05) is 18.9 Å². The van der Waals surface area contributed by atoms with Crippen LogP contribution < -0.4 is 5.32 Å². The normalized spacial score (nSPS) is 10.7. The van der Waals surface area contributed by atoms with Crippen molar-refractivity contribution in [3.8, 4) is 0 Å². The van der Waals surface area contributed by atoms with Crippen molar-refractivity contribution in [2.45, 2.75) is 19.9 Å². The van der Waals surface area contributed by atoms with Crippen LogP contribution in [0.4, 0.5) is 0 Å². The summed E-state index contributed by atoms with van der Waals surface area (Å²) in [6, 6.07) is 1.60. The highest BCUT2D eigenvalue weighted by atomic mass is 35.5. The van der Waals surface area contributed by atoms with E-state index in [0.717, 1.165) is 12.0 Å². The average molecular weight is 290 g/mol. The molecule has 0 radical (unpaired) electrons. The maximum absolute atomic E-state index is 11.5. The van der Waals surface area contributed by atoms with Crippen LogP contribution in [0.25, 0.3) is 0 Å². The Morgan fingerprint density at radius 3 is 2.83 bits per heavy atom. The summed E-state index contributed by atoms with van der Waals surface area (Å²) >= 11 is 11.8. The van der Waals surface area contributed by atoms with Crippen LogP contribution in [-0.4, -0.2) is 35.9 Å². The largest absolute Gasteiger partial charge is 0.355 e. The Balaban J connectivity index is 2.48. The van der Waals surface area contributed by atoms with Crippen molar-refractivity contribution in [3.05, 3.63) is 28.0 Å². The van der Waals surface area contributed by atoms with Gasteiger partial charge in [0.2, 0.25) is 5.91 Å². The molecule has 1 N–H and O–H groups in total. The lowest BCUT2D eigenvalue weighted by molar-refractivity contribution is -0.122. The molecule has 1 aromatic heterocycles. The van der Waals surface area contributed by atoms with Crippen molar-refractivity contribution in [1.82, 2.24) is 15.2 Å². The zero-order chi connectivity index (χ0) is 13.5. The van der Waals surface area contributed by atoms with Crippen LogP contribution >= 0.6 is 23.2 Å². The summed E-state index contributed by atoms with van der Waals surface area (Å²) in [7, 11) is 1.86. The first-order valence-corrected chi connectivity index (χ1v) is 6.53. The molecule has 0 saturated carbocycles. The molecule has 6 heteroatoms. The number of likely N-dealkylation sites (N-methyl/N-ethyl adjacent to an activating group) is 1. The first-order chi connectivity index (χ1) is 8.52. The SMILES string of the molecule is CCCNC(=O)CN(C)Cc1cnc(Cl)cc1Cl. The highest BCUT2D eigenvalue weighted by Gasteiger charge is 2.09. The molecule has 0 atom stereocenters. The molecule has 1 rings (SSSR count). The molecule has 0 aliphatic carbocycles. The standard InChI is InChI=1S/C12H17Cl2N3O/c1-3-4-15-12(18)8-17(2)7-9-6-16-11(14)5-10(9)13/h5-6H,3-4,7-8H2,1-2H3,(H,15,18). The Hall–Kier alpha value is -0.840. The fourth-order valence-electron chi connectivity index (χ4n) is 1.46. The van der Waals surface area contributed by atoms with Gasteiger partial charge in [0.05, 0.1) is 6.54 Å². The predicted molar refractivity (Wildman–Crippen MR) is 73.9 cm³/mol. The minimum Gasteiger partial charge on any atom is -0.355 e. The van der Waals surface area contributed by atoms with Gasteiger partial charge in [-0.15, -0.1) is 0 Å². The van der Waals surface area contributed by atoms with E-state index in [2.05, 4.69) is 10.3 Å². The van der Waals surface area contributed by atoms with Gasteiger partial charge in [-0.3, -0.25) is 9.69 Å². The van der Waals surface area contributed by atoms with Crippen LogP contribution in [0.5, 0.6) is 0 Å². The van der Waals surface area contributed by atoms with E-state index in [1.54, 1.807) is 12.3 Å². The van der Waals surface area contributed by atoms with Gasteiger partial charge in [-0.05, 0) is 19.5 Å². The van der Waals surface area contributed by atoms with Gasteiger partial charge >= 0.3 is 0 Å². The smallest absolute Gasteiger partial charge is 0.234 e. The summed E-state index contributed by atoms with van der Waals surface area (Å²) < 4.78 is 0. The van der Waals surface area contributed by atoms with Gasteiger partial charge < -0.3 is 5.32 Å². The minimum absolute atomic E-state index is 0.0115. The molecule has 1 heterocycles. The maximum Gasteiger partial charge on any atom is 0.234 e. The van der Waals surface area contributed by atoms with Crippen molar-refractivity contribution in [3.63, 3.8) is 0 Å². The molecule has 100 valence electrons. The highest BCUT2D eigenvalue weighted by Crippen LogP contribution is 2.19. The summed E-state index contributed by atoms with van der Waals surface area (Å²) in [5, 5.41) is 3.76. The monoisotopic (exact) mass is 289 g/mol. The number of carbonyl (C=O) groups is 1. The van der Waals surface area contributed by atoms with E-state index < -0.39 is 0 Å². The summed E-state index contributed by atoms with van der Waals surface area (Å²) in [6.07, 6.45) is 2.56. The topological polar surface area (TPSA) is 45.2 Å². The van der Waals surface area contributed by atoms with Gasteiger partial charge in [-0.25, -0.2) is 4.98 Å². The molecule has 0 spiro atoms. The number of hydrogen-bond acceptors (Lipinski definition) is 3. The Labute approximate surface area is 117 Å². The Bertz CT molecular complexity index is 412. The van der Waals surface area contributed by atoms with Gasteiger partial charge in [-0.2, -0.15) is 0 Å². The summed E-state index contributed by atoms with van der Waals surface area (Å²) in [6.45, 7) is 3.61. The number of aromatic nitrogens is 1.